The van der Waals surface area contributed by atoms with Gasteiger partial charge in [-0.05, 0) is 26.0 Å². The van der Waals surface area contributed by atoms with Crippen LogP contribution in [0.15, 0.2) is 24.3 Å². The molecule has 0 aliphatic rings. The van der Waals surface area contributed by atoms with Gasteiger partial charge in [-0.1, -0.05) is 6.07 Å². The minimum atomic E-state index is -1.21. The Balaban J connectivity index is 2.73. The van der Waals surface area contributed by atoms with Gasteiger partial charge >= 0.3 is 5.97 Å². The summed E-state index contributed by atoms with van der Waals surface area (Å²) in [6.45, 7) is 3.62. The Kier molecular flexibility index (Phi) is 3.14. The highest BCUT2D eigenvalue weighted by Gasteiger charge is 2.14. The molecule has 0 unspecified atom stereocenters. The number of ether oxygens (including phenoxy) is 1. The van der Waals surface area contributed by atoms with Gasteiger partial charge in [0, 0.05) is 11.5 Å². The van der Waals surface area contributed by atoms with Crippen molar-refractivity contribution in [3.8, 4) is 5.75 Å². The second-order valence-electron chi connectivity index (χ2n) is 4.11. The number of pyridine rings is 1. The molecule has 2 rings (SSSR count). The van der Waals surface area contributed by atoms with E-state index in [9.17, 15) is 9.18 Å². The molecule has 0 aliphatic carbocycles. The maximum absolute atomic E-state index is 13.6. The number of fused-ring (bicyclic) bond motifs is 1. The van der Waals surface area contributed by atoms with E-state index in [1.165, 1.54) is 18.2 Å². The van der Waals surface area contributed by atoms with Gasteiger partial charge in [0.25, 0.3) is 0 Å². The van der Waals surface area contributed by atoms with Crippen LogP contribution in [0.2, 0.25) is 0 Å². The molecular formula is C13H12FNO3. The smallest absolute Gasteiger partial charge is 0.354 e. The van der Waals surface area contributed by atoms with E-state index >= 15 is 0 Å². The van der Waals surface area contributed by atoms with Crippen LogP contribution < -0.4 is 4.74 Å². The molecular weight excluding hydrogens is 237 g/mol. The summed E-state index contributed by atoms with van der Waals surface area (Å²) >= 11 is 0. The van der Waals surface area contributed by atoms with Crippen LogP contribution in [0.1, 0.15) is 24.3 Å². The molecule has 4 nitrogen and oxygen atoms in total. The molecule has 0 fully saturated rings. The van der Waals surface area contributed by atoms with E-state index in [0.717, 1.165) is 0 Å². The highest BCUT2D eigenvalue weighted by Crippen LogP contribution is 2.28. The number of para-hydroxylation sites is 1. The summed E-state index contributed by atoms with van der Waals surface area (Å²) in [4.78, 5) is 14.7. The zero-order valence-corrected chi connectivity index (χ0v) is 9.98. The summed E-state index contributed by atoms with van der Waals surface area (Å²) in [5, 5.41) is 9.42. The van der Waals surface area contributed by atoms with Crippen molar-refractivity contribution in [1.29, 1.82) is 0 Å². The Labute approximate surface area is 103 Å². The van der Waals surface area contributed by atoms with Crippen LogP contribution in [0.4, 0.5) is 4.39 Å². The fourth-order valence-corrected chi connectivity index (χ4v) is 1.64. The number of halogens is 1. The SMILES string of the molecule is CC(C)Oc1cc(C(=O)O)nc2c(F)cccc12. The Bertz CT molecular complexity index is 610. The highest BCUT2D eigenvalue weighted by atomic mass is 19.1. The van der Waals surface area contributed by atoms with Crippen LogP contribution >= 0.6 is 0 Å². The molecule has 18 heavy (non-hydrogen) atoms. The minimum absolute atomic E-state index is 0.00745. The summed E-state index contributed by atoms with van der Waals surface area (Å²) in [5.41, 5.74) is -0.226. The van der Waals surface area contributed by atoms with E-state index in [1.807, 2.05) is 13.8 Å². The predicted octanol–water partition coefficient (Wildman–Crippen LogP) is 2.86. The van der Waals surface area contributed by atoms with Crippen LogP contribution in [0.25, 0.3) is 10.9 Å². The molecule has 1 heterocycles. The third-order valence-electron chi connectivity index (χ3n) is 2.33. The molecule has 0 radical (unpaired) electrons. The normalized spacial score (nSPS) is 10.9. The van der Waals surface area contributed by atoms with E-state index in [-0.39, 0.29) is 17.3 Å². The summed E-state index contributed by atoms with van der Waals surface area (Å²) in [6, 6.07) is 5.73. The first kappa shape index (κ1) is 12.3. The third kappa shape index (κ3) is 2.25. The van der Waals surface area contributed by atoms with Gasteiger partial charge in [0.1, 0.15) is 17.1 Å². The van der Waals surface area contributed by atoms with Gasteiger partial charge in [0.15, 0.2) is 5.69 Å². The Morgan fingerprint density at radius 2 is 2.17 bits per heavy atom. The zero-order valence-electron chi connectivity index (χ0n) is 9.98. The molecule has 1 N–H and O–H groups in total. The number of benzene rings is 1. The maximum atomic E-state index is 13.6. The molecule has 0 aliphatic heterocycles. The summed E-state index contributed by atoms with van der Waals surface area (Å²) < 4.78 is 19.1. The van der Waals surface area contributed by atoms with E-state index in [1.54, 1.807) is 6.07 Å². The Hall–Kier alpha value is -2.17. The van der Waals surface area contributed by atoms with E-state index in [4.69, 9.17) is 9.84 Å². The van der Waals surface area contributed by atoms with Crippen molar-refractivity contribution < 1.29 is 19.0 Å². The van der Waals surface area contributed by atoms with Gasteiger partial charge in [-0.15, -0.1) is 0 Å². The lowest BCUT2D eigenvalue weighted by atomic mass is 10.1. The highest BCUT2D eigenvalue weighted by molar-refractivity contribution is 5.93. The van der Waals surface area contributed by atoms with Crippen LogP contribution in [-0.2, 0) is 0 Å². The molecule has 2 aromatic rings. The van der Waals surface area contributed by atoms with Gasteiger partial charge < -0.3 is 9.84 Å². The van der Waals surface area contributed by atoms with Gasteiger partial charge in [0.2, 0.25) is 0 Å². The first-order valence-corrected chi connectivity index (χ1v) is 5.48. The summed E-state index contributed by atoms with van der Waals surface area (Å²) in [6.07, 6.45) is -0.138. The zero-order chi connectivity index (χ0) is 13.3. The molecule has 0 bridgehead atoms. The van der Waals surface area contributed by atoms with Crippen molar-refractivity contribution in [2.24, 2.45) is 0 Å². The maximum Gasteiger partial charge on any atom is 0.354 e. The number of carbonyl (C=O) groups is 1. The van der Waals surface area contributed by atoms with Crippen molar-refractivity contribution in [2.45, 2.75) is 20.0 Å². The van der Waals surface area contributed by atoms with Crippen molar-refractivity contribution in [3.05, 3.63) is 35.8 Å². The van der Waals surface area contributed by atoms with Crippen LogP contribution in [-0.4, -0.2) is 22.2 Å². The molecule has 0 saturated carbocycles. The van der Waals surface area contributed by atoms with Crippen LogP contribution in [0.3, 0.4) is 0 Å². The van der Waals surface area contributed by atoms with Crippen molar-refractivity contribution >= 4 is 16.9 Å². The van der Waals surface area contributed by atoms with E-state index in [2.05, 4.69) is 4.98 Å². The summed E-state index contributed by atoms with van der Waals surface area (Å²) in [5.74, 6) is -1.45. The second kappa shape index (κ2) is 4.60. The first-order valence-electron chi connectivity index (χ1n) is 5.48. The third-order valence-corrected chi connectivity index (χ3v) is 2.33. The first-order chi connectivity index (χ1) is 8.49. The van der Waals surface area contributed by atoms with Gasteiger partial charge in [-0.25, -0.2) is 14.2 Å². The molecule has 94 valence electrons. The van der Waals surface area contributed by atoms with Crippen molar-refractivity contribution in [2.75, 3.05) is 0 Å². The Morgan fingerprint density at radius 1 is 1.44 bits per heavy atom. The van der Waals surface area contributed by atoms with Crippen LogP contribution in [0, 0.1) is 5.82 Å². The average molecular weight is 249 g/mol. The second-order valence-corrected chi connectivity index (χ2v) is 4.11. The molecule has 0 atom stereocenters. The number of aromatic nitrogens is 1. The monoisotopic (exact) mass is 249 g/mol. The quantitative estimate of drug-likeness (QED) is 0.908. The number of carboxylic acid groups (broad SMARTS) is 1. The number of carboxylic acids is 1. The van der Waals surface area contributed by atoms with Gasteiger partial charge in [0.05, 0.1) is 6.10 Å². The fourth-order valence-electron chi connectivity index (χ4n) is 1.64. The number of rotatable bonds is 3. The summed E-state index contributed by atoms with van der Waals surface area (Å²) in [7, 11) is 0. The molecule has 1 aromatic carbocycles. The van der Waals surface area contributed by atoms with E-state index in [0.29, 0.717) is 11.1 Å². The molecule has 0 spiro atoms. The number of hydrogen-bond acceptors (Lipinski definition) is 3. The lowest BCUT2D eigenvalue weighted by Gasteiger charge is -2.13. The Morgan fingerprint density at radius 3 is 2.78 bits per heavy atom. The minimum Gasteiger partial charge on any atom is -0.490 e. The van der Waals surface area contributed by atoms with Gasteiger partial charge in [-0.3, -0.25) is 0 Å². The molecule has 0 amide bonds. The largest absolute Gasteiger partial charge is 0.490 e. The van der Waals surface area contributed by atoms with Gasteiger partial charge in [-0.2, -0.15) is 0 Å². The molecule has 1 aromatic heterocycles. The number of aromatic carboxylic acids is 1. The average Bonchev–Trinajstić information content (AvgIpc) is 2.29. The van der Waals surface area contributed by atoms with Crippen molar-refractivity contribution in [3.63, 3.8) is 0 Å². The van der Waals surface area contributed by atoms with Crippen LogP contribution in [0.5, 0.6) is 5.75 Å². The van der Waals surface area contributed by atoms with E-state index < -0.39 is 11.8 Å². The lowest BCUT2D eigenvalue weighted by molar-refractivity contribution is 0.0690. The molecule has 0 saturated heterocycles. The number of hydrogen-bond donors (Lipinski definition) is 1. The van der Waals surface area contributed by atoms with Crippen molar-refractivity contribution in [1.82, 2.24) is 4.98 Å². The molecule has 5 heteroatoms. The topological polar surface area (TPSA) is 59.4 Å². The standard InChI is InChI=1S/C13H12FNO3/c1-7(2)18-11-6-10(13(16)17)15-12-8(11)4-3-5-9(12)14/h3-7H,1-2H3,(H,16,17). The number of nitrogens with zero attached hydrogens (tertiary/aromatic N) is 1. The predicted molar refractivity (Wildman–Crippen MR) is 64.4 cm³/mol. The fraction of sp³-hybridized carbons (Fsp3) is 0.231. The lowest BCUT2D eigenvalue weighted by Crippen LogP contribution is -2.09.